The van der Waals surface area contributed by atoms with Crippen molar-refractivity contribution in [2.45, 2.75) is 24.8 Å². The average Bonchev–Trinajstić information content (AvgIpc) is 2.77. The zero-order valence-corrected chi connectivity index (χ0v) is 20.3. The number of nitrogens with zero attached hydrogens (tertiary/aromatic N) is 2. The number of nitrogens with one attached hydrogen (secondary N) is 1. The van der Waals surface area contributed by atoms with Crippen LogP contribution in [-0.2, 0) is 16.6 Å². The Kier molecular flexibility index (Phi) is 6.83. The molecule has 0 spiro atoms. The van der Waals surface area contributed by atoms with Crippen LogP contribution in [0, 0.1) is 6.92 Å². The Labute approximate surface area is 203 Å². The summed E-state index contributed by atoms with van der Waals surface area (Å²) in [5.41, 5.74) is 2.69. The van der Waals surface area contributed by atoms with Gasteiger partial charge in [-0.25, -0.2) is 13.2 Å². The molecule has 0 aliphatic carbocycles. The van der Waals surface area contributed by atoms with Gasteiger partial charge in [0, 0.05) is 29.7 Å². The second-order valence-electron chi connectivity index (χ2n) is 7.92. The van der Waals surface area contributed by atoms with Crippen molar-refractivity contribution < 1.29 is 13.2 Å². The van der Waals surface area contributed by atoms with Crippen LogP contribution < -0.4 is 9.62 Å². The van der Waals surface area contributed by atoms with Gasteiger partial charge in [-0.1, -0.05) is 47.5 Å². The fourth-order valence-electron chi connectivity index (χ4n) is 3.77. The number of hydrogen-bond acceptors (Lipinski definition) is 3. The average molecular weight is 504 g/mol. The molecule has 1 fully saturated rings. The summed E-state index contributed by atoms with van der Waals surface area (Å²) < 4.78 is 28.7. The number of amides is 2. The zero-order chi connectivity index (χ0) is 23.6. The van der Waals surface area contributed by atoms with Crippen LogP contribution in [0.3, 0.4) is 0 Å². The van der Waals surface area contributed by atoms with Gasteiger partial charge >= 0.3 is 6.03 Å². The lowest BCUT2D eigenvalue weighted by molar-refractivity contribution is 0.192. The van der Waals surface area contributed by atoms with E-state index in [0.29, 0.717) is 41.1 Å². The molecule has 33 heavy (non-hydrogen) atoms. The molecule has 1 heterocycles. The molecule has 0 bridgehead atoms. The Hall–Kier alpha value is -2.74. The fraction of sp³-hybridized carbons (Fsp3) is 0.208. The van der Waals surface area contributed by atoms with Gasteiger partial charge in [0.1, 0.15) is 0 Å². The van der Waals surface area contributed by atoms with Gasteiger partial charge < -0.3 is 4.90 Å². The molecule has 1 N–H and O–H groups in total. The van der Waals surface area contributed by atoms with E-state index in [9.17, 15) is 13.2 Å². The third-order valence-corrected chi connectivity index (χ3v) is 7.24. The number of carbonyl (C=O) groups is 1. The topological polar surface area (TPSA) is 69.7 Å². The first-order valence-electron chi connectivity index (χ1n) is 10.4. The van der Waals surface area contributed by atoms with Gasteiger partial charge in [-0.2, -0.15) is 0 Å². The van der Waals surface area contributed by atoms with Crippen LogP contribution in [0.5, 0.6) is 0 Å². The third kappa shape index (κ3) is 5.43. The van der Waals surface area contributed by atoms with E-state index < -0.39 is 10.0 Å². The number of urea groups is 1. The molecule has 0 unspecified atom stereocenters. The molecule has 1 aliphatic heterocycles. The van der Waals surface area contributed by atoms with E-state index in [0.717, 1.165) is 17.5 Å². The SMILES string of the molecule is Cc1ccc(N2CCCN(Cc3ccc(Cl)cc3)C2=O)c(NS(=O)(=O)c2cccc(Cl)c2)c1. The molecular formula is C24H23Cl2N3O3S. The van der Waals surface area contributed by atoms with Crippen molar-refractivity contribution in [2.24, 2.45) is 0 Å². The predicted molar refractivity (Wildman–Crippen MR) is 133 cm³/mol. The maximum absolute atomic E-state index is 13.3. The maximum Gasteiger partial charge on any atom is 0.324 e. The summed E-state index contributed by atoms with van der Waals surface area (Å²) in [4.78, 5) is 16.8. The Morgan fingerprint density at radius 1 is 0.939 bits per heavy atom. The molecule has 3 aromatic rings. The largest absolute Gasteiger partial charge is 0.324 e. The monoisotopic (exact) mass is 503 g/mol. The highest BCUT2D eigenvalue weighted by molar-refractivity contribution is 7.92. The third-order valence-electron chi connectivity index (χ3n) is 5.39. The van der Waals surface area contributed by atoms with Crippen molar-refractivity contribution in [3.05, 3.63) is 87.9 Å². The van der Waals surface area contributed by atoms with Crippen LogP contribution in [0.1, 0.15) is 17.5 Å². The zero-order valence-electron chi connectivity index (χ0n) is 18.0. The van der Waals surface area contributed by atoms with E-state index in [2.05, 4.69) is 4.72 Å². The summed E-state index contributed by atoms with van der Waals surface area (Å²) in [7, 11) is -3.90. The Balaban J connectivity index is 1.62. The molecule has 0 radical (unpaired) electrons. The fourth-order valence-corrected chi connectivity index (χ4v) is 5.26. The van der Waals surface area contributed by atoms with Crippen LogP contribution in [0.4, 0.5) is 16.2 Å². The van der Waals surface area contributed by atoms with E-state index >= 15 is 0 Å². The molecule has 0 aromatic heterocycles. The van der Waals surface area contributed by atoms with Crippen molar-refractivity contribution in [3.8, 4) is 0 Å². The lowest BCUT2D eigenvalue weighted by Gasteiger charge is -2.36. The number of rotatable bonds is 6. The van der Waals surface area contributed by atoms with Gasteiger partial charge in [-0.05, 0) is 66.9 Å². The normalized spacial score (nSPS) is 14.5. The van der Waals surface area contributed by atoms with Crippen molar-refractivity contribution in [2.75, 3.05) is 22.7 Å². The number of benzene rings is 3. The molecule has 0 atom stereocenters. The second kappa shape index (κ2) is 9.63. The number of aryl methyl sites for hydroxylation is 1. The molecule has 172 valence electrons. The Morgan fingerprint density at radius 2 is 1.70 bits per heavy atom. The quantitative estimate of drug-likeness (QED) is 0.452. The van der Waals surface area contributed by atoms with Gasteiger partial charge in [0.25, 0.3) is 10.0 Å². The molecule has 0 saturated carbocycles. The molecule has 2 amide bonds. The van der Waals surface area contributed by atoms with E-state index in [1.807, 2.05) is 25.1 Å². The summed E-state index contributed by atoms with van der Waals surface area (Å²) in [6.45, 7) is 3.42. The van der Waals surface area contributed by atoms with Crippen molar-refractivity contribution in [1.29, 1.82) is 0 Å². The molecule has 1 aliphatic rings. The minimum Gasteiger partial charge on any atom is -0.320 e. The number of halogens is 2. The van der Waals surface area contributed by atoms with Gasteiger partial charge in [-0.3, -0.25) is 9.62 Å². The number of hydrogen-bond donors (Lipinski definition) is 1. The second-order valence-corrected chi connectivity index (χ2v) is 10.5. The first kappa shape index (κ1) is 23.4. The summed E-state index contributed by atoms with van der Waals surface area (Å²) in [5.74, 6) is 0. The summed E-state index contributed by atoms with van der Waals surface area (Å²) >= 11 is 12.0. The minimum atomic E-state index is -3.90. The Morgan fingerprint density at radius 3 is 2.42 bits per heavy atom. The molecule has 6 nitrogen and oxygen atoms in total. The highest BCUT2D eigenvalue weighted by atomic mass is 35.5. The summed E-state index contributed by atoms with van der Waals surface area (Å²) in [6.07, 6.45) is 0.758. The van der Waals surface area contributed by atoms with E-state index in [4.69, 9.17) is 23.2 Å². The highest BCUT2D eigenvalue weighted by Crippen LogP contribution is 2.32. The van der Waals surface area contributed by atoms with Gasteiger partial charge in [-0.15, -0.1) is 0 Å². The van der Waals surface area contributed by atoms with Crippen LogP contribution >= 0.6 is 23.2 Å². The van der Waals surface area contributed by atoms with Crippen LogP contribution in [-0.4, -0.2) is 32.4 Å². The van der Waals surface area contributed by atoms with Crippen LogP contribution in [0.25, 0.3) is 0 Å². The molecular weight excluding hydrogens is 481 g/mol. The van der Waals surface area contributed by atoms with Gasteiger partial charge in [0.2, 0.25) is 0 Å². The molecule has 4 rings (SSSR count). The van der Waals surface area contributed by atoms with Gasteiger partial charge in [0.05, 0.1) is 16.3 Å². The first-order chi connectivity index (χ1) is 15.7. The highest BCUT2D eigenvalue weighted by Gasteiger charge is 2.29. The van der Waals surface area contributed by atoms with E-state index in [1.54, 1.807) is 46.2 Å². The molecule has 1 saturated heterocycles. The van der Waals surface area contributed by atoms with Crippen molar-refractivity contribution >= 4 is 50.6 Å². The van der Waals surface area contributed by atoms with Crippen LogP contribution in [0.15, 0.2) is 71.6 Å². The number of sulfonamides is 1. The maximum atomic E-state index is 13.3. The smallest absolute Gasteiger partial charge is 0.320 e. The first-order valence-corrected chi connectivity index (χ1v) is 12.7. The summed E-state index contributed by atoms with van der Waals surface area (Å²) in [6, 6.07) is 18.6. The molecule has 9 heteroatoms. The molecule has 3 aromatic carbocycles. The minimum absolute atomic E-state index is 0.0526. The van der Waals surface area contributed by atoms with E-state index in [1.165, 1.54) is 12.1 Å². The lowest BCUT2D eigenvalue weighted by atomic mass is 10.1. The van der Waals surface area contributed by atoms with Crippen molar-refractivity contribution in [1.82, 2.24) is 4.90 Å². The van der Waals surface area contributed by atoms with Crippen LogP contribution in [0.2, 0.25) is 10.0 Å². The Bertz CT molecular complexity index is 1280. The standard InChI is InChI=1S/C24H23Cl2N3O3S/c1-17-6-11-23(22(14-17)27-33(31,32)21-5-2-4-20(26)15-21)29-13-3-12-28(24(29)30)16-18-7-9-19(25)10-8-18/h2,4-11,14-15,27H,3,12-13,16H2,1H3. The number of anilines is 2. The lowest BCUT2D eigenvalue weighted by Crippen LogP contribution is -2.49. The van der Waals surface area contributed by atoms with E-state index in [-0.39, 0.29) is 10.9 Å². The van der Waals surface area contributed by atoms with Crippen molar-refractivity contribution in [3.63, 3.8) is 0 Å². The predicted octanol–water partition coefficient (Wildman–Crippen LogP) is 5.93. The number of carbonyl (C=O) groups excluding carboxylic acids is 1. The summed E-state index contributed by atoms with van der Waals surface area (Å²) in [5, 5.41) is 0.966. The van der Waals surface area contributed by atoms with Gasteiger partial charge in [0.15, 0.2) is 0 Å².